The van der Waals surface area contributed by atoms with Crippen molar-refractivity contribution in [1.29, 1.82) is 0 Å². The number of hydrogen-bond donors (Lipinski definition) is 0. The number of hydrogen-bond acceptors (Lipinski definition) is 1. The maximum atomic E-state index is 2.94. The van der Waals surface area contributed by atoms with E-state index in [0.717, 1.165) is 12.8 Å². The van der Waals surface area contributed by atoms with Gasteiger partial charge in [0.25, 0.3) is 0 Å². The lowest BCUT2D eigenvalue weighted by atomic mass is 9.73. The monoisotopic (exact) mass is 805 g/mol. The van der Waals surface area contributed by atoms with E-state index in [1.165, 1.54) is 152 Å². The van der Waals surface area contributed by atoms with Crippen molar-refractivity contribution in [2.45, 2.75) is 108 Å². The number of fused-ring (bicyclic) bond motifs is 9. The van der Waals surface area contributed by atoms with Crippen molar-refractivity contribution in [2.75, 3.05) is 4.90 Å². The zero-order chi connectivity index (χ0) is 41.6. The fourth-order valence-electron chi connectivity index (χ4n) is 12.4. The Morgan fingerprint density at radius 1 is 0.468 bits per heavy atom. The van der Waals surface area contributed by atoms with Crippen LogP contribution in [0.5, 0.6) is 0 Å². The van der Waals surface area contributed by atoms with Gasteiger partial charge in [-0.3, -0.25) is 0 Å². The van der Waals surface area contributed by atoms with E-state index in [4.69, 9.17) is 0 Å². The molecule has 2 saturated carbocycles. The molecule has 8 aromatic carbocycles. The fraction of sp³-hybridized carbons (Fsp3) is 0.279. The molecule has 0 unspecified atom stereocenters. The molecule has 3 aliphatic rings. The molecule has 0 aliphatic heterocycles. The lowest BCUT2D eigenvalue weighted by Gasteiger charge is -2.44. The Morgan fingerprint density at radius 2 is 0.984 bits per heavy atom. The second-order valence-electron chi connectivity index (χ2n) is 18.6. The highest BCUT2D eigenvalue weighted by Gasteiger charge is 2.41. The molecule has 0 saturated heterocycles. The minimum Gasteiger partial charge on any atom is -0.366 e. The van der Waals surface area contributed by atoms with E-state index < -0.39 is 0 Å². The smallest absolute Gasteiger partial charge is 0.0374 e. The summed E-state index contributed by atoms with van der Waals surface area (Å²) in [6, 6.07) is 59.0. The van der Waals surface area contributed by atoms with Crippen molar-refractivity contribution in [3.63, 3.8) is 0 Å². The molecular weight excluding hydrogens is 747 g/mol. The summed E-state index contributed by atoms with van der Waals surface area (Å²) in [4.78, 5) is 2.94. The van der Waals surface area contributed by atoms with Crippen LogP contribution in [0, 0.1) is 0 Å². The topological polar surface area (TPSA) is 3.24 Å². The largest absolute Gasteiger partial charge is 0.366 e. The van der Waals surface area contributed by atoms with Crippen LogP contribution in [0.3, 0.4) is 0 Å². The van der Waals surface area contributed by atoms with Gasteiger partial charge < -0.3 is 4.90 Å². The Morgan fingerprint density at radius 3 is 1.58 bits per heavy atom. The van der Waals surface area contributed by atoms with E-state index in [-0.39, 0.29) is 5.41 Å². The van der Waals surface area contributed by atoms with E-state index in [1.54, 1.807) is 5.56 Å². The van der Waals surface area contributed by atoms with E-state index >= 15 is 0 Å². The Balaban J connectivity index is 1.07. The lowest BCUT2D eigenvalue weighted by molar-refractivity contribution is 0.339. The molecule has 3 aliphatic carbocycles. The first-order valence-corrected chi connectivity index (χ1v) is 23.9. The standard InChI is InChI=1S/C61H59N/c1-3-61(4-2)56-39-42(34-37-51(56)52-38-36-48(41-57(52)61)62(46-25-13-7-14-26-46)47-27-15-8-16-28-47)33-35-45-40-55(43-21-9-5-10-22-43)59-53-31-19-17-29-49(53)50-30-18-20-32-54(50)60(59)58(45)44-23-11-6-12-24-44/h5-6,9-12,17-24,29-41,46-47H,3-4,7-8,13-16,25-28H2,1-2H3/b35-33+. The van der Waals surface area contributed by atoms with Crippen LogP contribution in [-0.4, -0.2) is 12.1 Å². The molecule has 0 atom stereocenters. The second kappa shape index (κ2) is 16.4. The Bertz CT molecular complexity index is 2920. The van der Waals surface area contributed by atoms with Gasteiger partial charge in [-0.2, -0.15) is 0 Å². The number of rotatable bonds is 9. The van der Waals surface area contributed by atoms with Crippen molar-refractivity contribution >= 4 is 50.2 Å². The summed E-state index contributed by atoms with van der Waals surface area (Å²) in [5.41, 5.74) is 14.9. The van der Waals surface area contributed by atoms with Gasteiger partial charge in [-0.1, -0.05) is 198 Å². The van der Waals surface area contributed by atoms with Gasteiger partial charge in [-0.15, -0.1) is 0 Å². The van der Waals surface area contributed by atoms with E-state index in [0.29, 0.717) is 12.1 Å². The second-order valence-corrected chi connectivity index (χ2v) is 18.6. The molecule has 0 amide bonds. The summed E-state index contributed by atoms with van der Waals surface area (Å²) >= 11 is 0. The summed E-state index contributed by atoms with van der Waals surface area (Å²) in [6.45, 7) is 4.86. The average molecular weight is 806 g/mol. The van der Waals surface area contributed by atoms with Crippen LogP contribution in [0.15, 0.2) is 152 Å². The zero-order valence-electron chi connectivity index (χ0n) is 36.7. The van der Waals surface area contributed by atoms with Crippen LogP contribution in [0.25, 0.3) is 77.9 Å². The first-order valence-electron chi connectivity index (χ1n) is 23.9. The minimum absolute atomic E-state index is 0.00603. The Labute approximate surface area is 369 Å². The molecule has 2 fully saturated rings. The first kappa shape index (κ1) is 39.0. The molecular formula is C61H59N. The van der Waals surface area contributed by atoms with Gasteiger partial charge in [-0.25, -0.2) is 0 Å². The van der Waals surface area contributed by atoms with Crippen molar-refractivity contribution < 1.29 is 0 Å². The van der Waals surface area contributed by atoms with Crippen LogP contribution in [0.4, 0.5) is 5.69 Å². The van der Waals surface area contributed by atoms with Gasteiger partial charge in [0.15, 0.2) is 0 Å². The minimum atomic E-state index is -0.00603. The summed E-state index contributed by atoms with van der Waals surface area (Å²) in [5.74, 6) is 0. The van der Waals surface area contributed by atoms with Gasteiger partial charge in [0.1, 0.15) is 0 Å². The molecule has 11 rings (SSSR count). The normalized spacial score (nSPS) is 16.6. The predicted molar refractivity (Wildman–Crippen MR) is 268 cm³/mol. The highest BCUT2D eigenvalue weighted by Crippen LogP contribution is 2.55. The molecule has 0 spiro atoms. The van der Waals surface area contributed by atoms with Crippen molar-refractivity contribution in [3.8, 4) is 33.4 Å². The van der Waals surface area contributed by atoms with Crippen LogP contribution < -0.4 is 4.90 Å². The molecule has 1 nitrogen and oxygen atoms in total. The number of anilines is 1. The first-order chi connectivity index (χ1) is 30.7. The molecule has 308 valence electrons. The van der Waals surface area contributed by atoms with Crippen LogP contribution in [-0.2, 0) is 5.41 Å². The molecule has 0 aromatic heterocycles. The third-order valence-corrected chi connectivity index (χ3v) is 15.5. The summed E-state index contributed by atoms with van der Waals surface area (Å²) in [6.07, 6.45) is 20.7. The lowest BCUT2D eigenvalue weighted by Crippen LogP contribution is -2.45. The van der Waals surface area contributed by atoms with Crippen LogP contribution in [0.2, 0.25) is 0 Å². The molecule has 62 heavy (non-hydrogen) atoms. The summed E-state index contributed by atoms with van der Waals surface area (Å²) in [7, 11) is 0. The summed E-state index contributed by atoms with van der Waals surface area (Å²) < 4.78 is 0. The highest BCUT2D eigenvalue weighted by molar-refractivity contribution is 6.32. The van der Waals surface area contributed by atoms with Crippen LogP contribution in [0.1, 0.15) is 113 Å². The predicted octanol–water partition coefficient (Wildman–Crippen LogP) is 17.2. The van der Waals surface area contributed by atoms with E-state index in [1.807, 2.05) is 0 Å². The van der Waals surface area contributed by atoms with Gasteiger partial charge in [0, 0.05) is 23.2 Å². The van der Waals surface area contributed by atoms with Crippen molar-refractivity contribution in [2.24, 2.45) is 0 Å². The van der Waals surface area contributed by atoms with E-state index in [2.05, 4.69) is 183 Å². The maximum absolute atomic E-state index is 2.94. The van der Waals surface area contributed by atoms with Crippen molar-refractivity contribution in [1.82, 2.24) is 0 Å². The molecule has 0 radical (unpaired) electrons. The number of benzene rings is 8. The van der Waals surface area contributed by atoms with Crippen molar-refractivity contribution in [3.05, 3.63) is 174 Å². The molecule has 0 N–H and O–H groups in total. The van der Waals surface area contributed by atoms with Gasteiger partial charge >= 0.3 is 0 Å². The zero-order valence-corrected chi connectivity index (χ0v) is 36.7. The molecule has 8 aromatic rings. The third kappa shape index (κ3) is 6.50. The summed E-state index contributed by atoms with van der Waals surface area (Å²) in [5, 5.41) is 7.82. The Hall–Kier alpha value is -5.92. The van der Waals surface area contributed by atoms with E-state index in [9.17, 15) is 0 Å². The molecule has 0 bridgehead atoms. The SMILES string of the molecule is CCC1(CC)c2cc(/C=C/c3cc(-c4ccccc4)c4c5ccccc5c5ccccc5c4c3-c3ccccc3)ccc2-c2ccc(N(C3CCCCC3)C3CCCCC3)cc21. The van der Waals surface area contributed by atoms with Gasteiger partial charge in [0.05, 0.1) is 0 Å². The fourth-order valence-corrected chi connectivity index (χ4v) is 12.4. The average Bonchev–Trinajstić information content (AvgIpc) is 3.62. The maximum Gasteiger partial charge on any atom is 0.0374 e. The van der Waals surface area contributed by atoms with Gasteiger partial charge in [0.2, 0.25) is 0 Å². The van der Waals surface area contributed by atoms with Gasteiger partial charge in [-0.05, 0) is 145 Å². The number of nitrogens with zero attached hydrogens (tertiary/aromatic N) is 1. The highest BCUT2D eigenvalue weighted by atomic mass is 15.2. The third-order valence-electron chi connectivity index (χ3n) is 15.5. The quantitative estimate of drug-likeness (QED) is 0.104. The van der Waals surface area contributed by atoms with Crippen LogP contribution >= 0.6 is 0 Å². The Kier molecular flexibility index (Phi) is 10.3. The molecule has 1 heteroatoms. The molecule has 0 heterocycles.